The fraction of sp³-hybridized carbons (Fsp3) is 0.300. The molecule has 2 aliphatic rings. The minimum Gasteiger partial charge on any atom is -0.495 e. The highest BCUT2D eigenvalue weighted by molar-refractivity contribution is 7.89. The number of nitrogens with one attached hydrogen (secondary N) is 2. The lowest BCUT2D eigenvalue weighted by Gasteiger charge is -2.24. The molecule has 1 fully saturated rings. The van der Waals surface area contributed by atoms with E-state index in [9.17, 15) is 18.0 Å². The Morgan fingerprint density at radius 1 is 1.29 bits per heavy atom. The number of anilines is 2. The van der Waals surface area contributed by atoms with Gasteiger partial charge in [0.05, 0.1) is 22.7 Å². The average Bonchev–Trinajstić information content (AvgIpc) is 3.24. The molecule has 0 unspecified atom stereocenters. The normalized spacial score (nSPS) is 18.6. The quantitative estimate of drug-likeness (QED) is 0.701. The number of methoxy groups -OCH3 is 1. The van der Waals surface area contributed by atoms with Crippen molar-refractivity contribution in [3.8, 4) is 11.5 Å². The third-order valence-electron chi connectivity index (χ3n) is 5.12. The number of fused-ring (bicyclic) bond motifs is 1. The zero-order chi connectivity index (χ0) is 22.2. The van der Waals surface area contributed by atoms with Gasteiger partial charge in [-0.3, -0.25) is 9.59 Å². The topological polar surface area (TPSA) is 114 Å². The summed E-state index contributed by atoms with van der Waals surface area (Å²) < 4.78 is 38.1. The first-order valence-electron chi connectivity index (χ1n) is 9.52. The summed E-state index contributed by atoms with van der Waals surface area (Å²) in [7, 11) is -2.49. The summed E-state index contributed by atoms with van der Waals surface area (Å²) in [5, 5.41) is 5.65. The van der Waals surface area contributed by atoms with E-state index >= 15 is 0 Å². The van der Waals surface area contributed by atoms with E-state index in [4.69, 9.17) is 21.1 Å². The fourth-order valence-corrected chi connectivity index (χ4v) is 5.56. The number of hydrogen-bond acceptors (Lipinski definition) is 6. The van der Waals surface area contributed by atoms with E-state index in [0.717, 1.165) is 0 Å². The summed E-state index contributed by atoms with van der Waals surface area (Å²) in [4.78, 5) is 24.4. The maximum absolute atomic E-state index is 13.3. The highest BCUT2D eigenvalue weighted by atomic mass is 35.5. The van der Waals surface area contributed by atoms with Gasteiger partial charge in [-0.15, -0.1) is 0 Å². The number of carbonyl (C=O) groups is 2. The molecule has 1 saturated heterocycles. The highest BCUT2D eigenvalue weighted by Gasteiger charge is 2.40. The molecular weight excluding hydrogens is 446 g/mol. The van der Waals surface area contributed by atoms with E-state index < -0.39 is 22.0 Å². The van der Waals surface area contributed by atoms with Crippen molar-refractivity contribution >= 4 is 44.8 Å². The van der Waals surface area contributed by atoms with Gasteiger partial charge in [-0.1, -0.05) is 11.6 Å². The van der Waals surface area contributed by atoms with E-state index in [1.807, 2.05) is 0 Å². The van der Waals surface area contributed by atoms with Crippen molar-refractivity contribution in [1.29, 1.82) is 0 Å². The average molecular weight is 466 g/mol. The van der Waals surface area contributed by atoms with E-state index in [1.54, 1.807) is 12.1 Å². The molecule has 2 aromatic carbocycles. The van der Waals surface area contributed by atoms with Crippen LogP contribution < -0.4 is 20.1 Å². The van der Waals surface area contributed by atoms with Gasteiger partial charge in [0.1, 0.15) is 17.5 Å². The second-order valence-electron chi connectivity index (χ2n) is 7.11. The van der Waals surface area contributed by atoms with Crippen LogP contribution in [0.2, 0.25) is 5.02 Å². The van der Waals surface area contributed by atoms with Crippen LogP contribution in [-0.4, -0.2) is 50.8 Å². The summed E-state index contributed by atoms with van der Waals surface area (Å²) in [6.07, 6.45) is 0.936. The second kappa shape index (κ2) is 8.37. The van der Waals surface area contributed by atoms with Crippen LogP contribution in [0.3, 0.4) is 0 Å². The molecule has 2 aromatic rings. The number of halogens is 1. The lowest BCUT2D eigenvalue weighted by molar-refractivity contribution is -0.119. The maximum atomic E-state index is 13.3. The molecule has 0 radical (unpaired) electrons. The third kappa shape index (κ3) is 4.18. The van der Waals surface area contributed by atoms with Crippen molar-refractivity contribution in [2.75, 3.05) is 30.9 Å². The maximum Gasteiger partial charge on any atom is 0.262 e. The van der Waals surface area contributed by atoms with Crippen LogP contribution in [0.15, 0.2) is 41.3 Å². The lowest BCUT2D eigenvalue weighted by atomic mass is 10.2. The van der Waals surface area contributed by atoms with Crippen LogP contribution in [0.4, 0.5) is 11.4 Å². The first-order chi connectivity index (χ1) is 14.8. The molecule has 11 heteroatoms. The van der Waals surface area contributed by atoms with Crippen molar-refractivity contribution < 1.29 is 27.5 Å². The minimum absolute atomic E-state index is 0.0239. The Labute approximate surface area is 184 Å². The van der Waals surface area contributed by atoms with Crippen molar-refractivity contribution in [3.63, 3.8) is 0 Å². The van der Waals surface area contributed by atoms with Crippen molar-refractivity contribution in [3.05, 3.63) is 41.4 Å². The number of benzene rings is 2. The van der Waals surface area contributed by atoms with E-state index in [0.29, 0.717) is 35.1 Å². The van der Waals surface area contributed by atoms with Crippen LogP contribution in [-0.2, 0) is 19.6 Å². The van der Waals surface area contributed by atoms with Crippen molar-refractivity contribution in [2.45, 2.75) is 23.8 Å². The van der Waals surface area contributed by atoms with Crippen molar-refractivity contribution in [1.82, 2.24) is 4.31 Å². The van der Waals surface area contributed by atoms with Crippen LogP contribution >= 0.6 is 11.6 Å². The highest BCUT2D eigenvalue weighted by Crippen LogP contribution is 2.34. The Kier molecular flexibility index (Phi) is 5.78. The molecule has 0 aliphatic carbocycles. The molecule has 4 rings (SSSR count). The Balaban J connectivity index is 1.56. The summed E-state index contributed by atoms with van der Waals surface area (Å²) >= 11 is 6.10. The van der Waals surface area contributed by atoms with Gasteiger partial charge in [-0.2, -0.15) is 4.31 Å². The minimum atomic E-state index is -3.98. The van der Waals surface area contributed by atoms with Gasteiger partial charge in [-0.05, 0) is 49.2 Å². The van der Waals surface area contributed by atoms with Gasteiger partial charge in [0.15, 0.2) is 6.61 Å². The molecule has 2 aliphatic heterocycles. The number of hydrogen-bond donors (Lipinski definition) is 2. The van der Waals surface area contributed by atoms with E-state index in [2.05, 4.69) is 10.6 Å². The molecule has 0 spiro atoms. The molecule has 2 heterocycles. The first-order valence-corrected chi connectivity index (χ1v) is 11.3. The third-order valence-corrected chi connectivity index (χ3v) is 7.32. The molecule has 0 aromatic heterocycles. The monoisotopic (exact) mass is 465 g/mol. The smallest absolute Gasteiger partial charge is 0.262 e. The standard InChI is InChI=1S/C20H20ClN3O6S/c1-29-17-6-4-12(9-14(17)21)22-20(26)16-3-2-8-24(16)31(27,28)13-5-7-18-15(10-13)23-19(25)11-30-18/h4-7,9-10,16H,2-3,8,11H2,1H3,(H,22,26)(H,23,25)/t16-/m0/s1. The summed E-state index contributed by atoms with van der Waals surface area (Å²) in [5.74, 6) is 0.0504. The van der Waals surface area contributed by atoms with Crippen LogP contribution in [0.1, 0.15) is 12.8 Å². The van der Waals surface area contributed by atoms with Gasteiger partial charge in [0, 0.05) is 12.2 Å². The molecule has 9 nitrogen and oxygen atoms in total. The summed E-state index contributed by atoms with van der Waals surface area (Å²) in [6.45, 7) is 0.0899. The number of nitrogens with zero attached hydrogens (tertiary/aromatic N) is 1. The molecule has 164 valence electrons. The number of ether oxygens (including phenoxy) is 2. The number of amides is 2. The molecule has 0 saturated carbocycles. The largest absolute Gasteiger partial charge is 0.495 e. The van der Waals surface area contributed by atoms with Gasteiger partial charge in [0.2, 0.25) is 15.9 Å². The number of rotatable bonds is 5. The second-order valence-corrected chi connectivity index (χ2v) is 9.40. The SMILES string of the molecule is COc1ccc(NC(=O)[C@@H]2CCCN2S(=O)(=O)c2ccc3c(c2)NC(=O)CO3)cc1Cl. The predicted molar refractivity (Wildman–Crippen MR) is 114 cm³/mol. The van der Waals surface area contributed by atoms with Crippen LogP contribution in [0.25, 0.3) is 0 Å². The first kappa shape index (κ1) is 21.4. The Bertz CT molecular complexity index is 1150. The Morgan fingerprint density at radius 3 is 2.84 bits per heavy atom. The zero-order valence-electron chi connectivity index (χ0n) is 16.6. The fourth-order valence-electron chi connectivity index (χ4n) is 3.62. The molecule has 0 bridgehead atoms. The lowest BCUT2D eigenvalue weighted by Crippen LogP contribution is -2.43. The summed E-state index contributed by atoms with van der Waals surface area (Å²) in [5.41, 5.74) is 0.721. The van der Waals surface area contributed by atoms with E-state index in [-0.39, 0.29) is 29.6 Å². The van der Waals surface area contributed by atoms with Gasteiger partial charge < -0.3 is 20.1 Å². The summed E-state index contributed by atoms with van der Waals surface area (Å²) in [6, 6.07) is 8.16. The Morgan fingerprint density at radius 2 is 2.10 bits per heavy atom. The number of carbonyl (C=O) groups excluding carboxylic acids is 2. The molecule has 31 heavy (non-hydrogen) atoms. The van der Waals surface area contributed by atoms with E-state index in [1.165, 1.54) is 35.7 Å². The molecule has 2 N–H and O–H groups in total. The molecule has 1 atom stereocenters. The van der Waals surface area contributed by atoms with Crippen LogP contribution in [0, 0.1) is 0 Å². The molecule has 2 amide bonds. The zero-order valence-corrected chi connectivity index (χ0v) is 18.1. The molecular formula is C20H20ClN3O6S. The van der Waals surface area contributed by atoms with Gasteiger partial charge >= 0.3 is 0 Å². The van der Waals surface area contributed by atoms with Crippen molar-refractivity contribution in [2.24, 2.45) is 0 Å². The Hall–Kier alpha value is -2.82. The predicted octanol–water partition coefficient (Wildman–Crippen LogP) is 2.47. The van der Waals surface area contributed by atoms with Crippen LogP contribution in [0.5, 0.6) is 11.5 Å². The van der Waals surface area contributed by atoms with Gasteiger partial charge in [-0.25, -0.2) is 8.42 Å². The van der Waals surface area contributed by atoms with Gasteiger partial charge in [0.25, 0.3) is 5.91 Å². The number of sulfonamides is 1.